The first-order valence-electron chi connectivity index (χ1n) is 6.29. The van der Waals surface area contributed by atoms with Crippen molar-refractivity contribution in [3.8, 4) is 11.5 Å². The normalized spacial score (nSPS) is 10.9. The Kier molecular flexibility index (Phi) is 2.79. The van der Waals surface area contributed by atoms with Crippen molar-refractivity contribution in [1.82, 2.24) is 0 Å². The summed E-state index contributed by atoms with van der Waals surface area (Å²) >= 11 is 0. The van der Waals surface area contributed by atoms with Crippen molar-refractivity contribution < 1.29 is 9.47 Å². The van der Waals surface area contributed by atoms with Crippen LogP contribution in [0.5, 0.6) is 11.5 Å². The van der Waals surface area contributed by atoms with Crippen LogP contribution < -0.4 is 9.47 Å². The predicted octanol–water partition coefficient (Wildman–Crippen LogP) is 4.32. The third-order valence-corrected chi connectivity index (χ3v) is 3.55. The van der Waals surface area contributed by atoms with Gasteiger partial charge in [-0.1, -0.05) is 30.3 Å². The van der Waals surface area contributed by atoms with Crippen LogP contribution in [-0.4, -0.2) is 14.2 Å². The minimum absolute atomic E-state index is 0.847. The average molecular weight is 252 g/mol. The fourth-order valence-electron chi connectivity index (χ4n) is 2.70. The Morgan fingerprint density at radius 2 is 1.47 bits per heavy atom. The summed E-state index contributed by atoms with van der Waals surface area (Å²) < 4.78 is 11.2. The van der Waals surface area contributed by atoms with Crippen LogP contribution in [0.4, 0.5) is 0 Å². The summed E-state index contributed by atoms with van der Waals surface area (Å²) in [7, 11) is 3.41. The van der Waals surface area contributed by atoms with E-state index in [0.29, 0.717) is 0 Å². The fourth-order valence-corrected chi connectivity index (χ4v) is 2.70. The number of aryl methyl sites for hydroxylation is 1. The highest BCUT2D eigenvalue weighted by Crippen LogP contribution is 2.41. The van der Waals surface area contributed by atoms with Crippen LogP contribution in [0.25, 0.3) is 21.5 Å². The zero-order chi connectivity index (χ0) is 13.4. The van der Waals surface area contributed by atoms with Gasteiger partial charge in [0.05, 0.1) is 19.6 Å². The zero-order valence-corrected chi connectivity index (χ0v) is 11.4. The highest BCUT2D eigenvalue weighted by Gasteiger charge is 2.13. The lowest BCUT2D eigenvalue weighted by molar-refractivity contribution is 0.407. The highest BCUT2D eigenvalue weighted by molar-refractivity contribution is 6.08. The second-order valence-corrected chi connectivity index (χ2v) is 4.64. The minimum atomic E-state index is 0.847. The Hall–Kier alpha value is -2.22. The van der Waals surface area contributed by atoms with E-state index in [1.165, 1.54) is 10.9 Å². The van der Waals surface area contributed by atoms with Gasteiger partial charge < -0.3 is 9.47 Å². The largest absolute Gasteiger partial charge is 0.496 e. The number of hydrogen-bond acceptors (Lipinski definition) is 2. The van der Waals surface area contributed by atoms with Crippen LogP contribution in [0.2, 0.25) is 0 Å². The van der Waals surface area contributed by atoms with Gasteiger partial charge in [0.25, 0.3) is 0 Å². The Labute approximate surface area is 112 Å². The van der Waals surface area contributed by atoms with Crippen molar-refractivity contribution in [2.45, 2.75) is 6.92 Å². The van der Waals surface area contributed by atoms with Crippen LogP contribution in [0.15, 0.2) is 42.5 Å². The monoisotopic (exact) mass is 252 g/mol. The molecular formula is C17H16O2. The Bertz CT molecular complexity index is 760. The van der Waals surface area contributed by atoms with Gasteiger partial charge in [-0.15, -0.1) is 0 Å². The summed E-state index contributed by atoms with van der Waals surface area (Å²) in [4.78, 5) is 0. The van der Waals surface area contributed by atoms with Crippen molar-refractivity contribution in [2.24, 2.45) is 0 Å². The van der Waals surface area contributed by atoms with Crippen LogP contribution >= 0.6 is 0 Å². The first-order chi connectivity index (χ1) is 9.26. The second kappa shape index (κ2) is 4.47. The Morgan fingerprint density at radius 3 is 2.16 bits per heavy atom. The van der Waals surface area contributed by atoms with Gasteiger partial charge in [-0.05, 0) is 35.4 Å². The van der Waals surface area contributed by atoms with E-state index >= 15 is 0 Å². The van der Waals surface area contributed by atoms with Gasteiger partial charge in [-0.2, -0.15) is 0 Å². The molecule has 0 heterocycles. The SMILES string of the molecule is COc1cccc2cc3cccc(C)c3c(OC)c12. The van der Waals surface area contributed by atoms with Crippen LogP contribution in [0, 0.1) is 6.92 Å². The number of fused-ring (bicyclic) bond motifs is 2. The van der Waals surface area contributed by atoms with Crippen LogP contribution in [0.1, 0.15) is 5.56 Å². The van der Waals surface area contributed by atoms with E-state index in [-0.39, 0.29) is 0 Å². The molecule has 19 heavy (non-hydrogen) atoms. The van der Waals surface area contributed by atoms with Crippen molar-refractivity contribution in [3.63, 3.8) is 0 Å². The second-order valence-electron chi connectivity index (χ2n) is 4.64. The minimum Gasteiger partial charge on any atom is -0.496 e. The van der Waals surface area contributed by atoms with E-state index in [9.17, 15) is 0 Å². The molecular weight excluding hydrogens is 236 g/mol. The molecule has 0 spiro atoms. The standard InChI is InChI=1S/C17H16O2/c1-11-6-4-7-12-10-13-8-5-9-14(18-2)16(13)17(19-3)15(11)12/h4-10H,1-3H3. The summed E-state index contributed by atoms with van der Waals surface area (Å²) in [6, 6.07) is 14.5. The van der Waals surface area contributed by atoms with Crippen LogP contribution in [0.3, 0.4) is 0 Å². The molecule has 96 valence electrons. The maximum Gasteiger partial charge on any atom is 0.138 e. The van der Waals surface area contributed by atoms with Gasteiger partial charge in [0.2, 0.25) is 0 Å². The summed E-state index contributed by atoms with van der Waals surface area (Å²) in [6.45, 7) is 2.10. The third-order valence-electron chi connectivity index (χ3n) is 3.55. The molecule has 3 rings (SSSR count). The quantitative estimate of drug-likeness (QED) is 0.632. The number of methoxy groups -OCH3 is 2. The van der Waals surface area contributed by atoms with E-state index in [2.05, 4.69) is 37.3 Å². The molecule has 3 aromatic carbocycles. The average Bonchev–Trinajstić information content (AvgIpc) is 2.44. The number of benzene rings is 3. The lowest BCUT2D eigenvalue weighted by Gasteiger charge is -2.14. The highest BCUT2D eigenvalue weighted by atomic mass is 16.5. The number of rotatable bonds is 2. The van der Waals surface area contributed by atoms with Gasteiger partial charge in [0, 0.05) is 5.39 Å². The van der Waals surface area contributed by atoms with E-state index in [0.717, 1.165) is 27.7 Å². The van der Waals surface area contributed by atoms with Crippen molar-refractivity contribution in [1.29, 1.82) is 0 Å². The molecule has 0 aliphatic carbocycles. The third kappa shape index (κ3) is 1.72. The van der Waals surface area contributed by atoms with Crippen molar-refractivity contribution in [2.75, 3.05) is 14.2 Å². The van der Waals surface area contributed by atoms with Gasteiger partial charge in [-0.3, -0.25) is 0 Å². The van der Waals surface area contributed by atoms with E-state index in [1.54, 1.807) is 14.2 Å². The smallest absolute Gasteiger partial charge is 0.138 e. The molecule has 2 nitrogen and oxygen atoms in total. The maximum absolute atomic E-state index is 5.68. The summed E-state index contributed by atoms with van der Waals surface area (Å²) in [5.41, 5.74) is 1.21. The van der Waals surface area contributed by atoms with Gasteiger partial charge in [-0.25, -0.2) is 0 Å². The van der Waals surface area contributed by atoms with E-state index in [4.69, 9.17) is 9.47 Å². The molecule has 3 aromatic rings. The lowest BCUT2D eigenvalue weighted by atomic mass is 9.98. The van der Waals surface area contributed by atoms with Gasteiger partial charge >= 0.3 is 0 Å². The Morgan fingerprint density at radius 1 is 0.789 bits per heavy atom. The van der Waals surface area contributed by atoms with Crippen molar-refractivity contribution >= 4 is 21.5 Å². The molecule has 0 aromatic heterocycles. The molecule has 0 radical (unpaired) electrons. The summed E-state index contributed by atoms with van der Waals surface area (Å²) in [5.74, 6) is 1.74. The number of hydrogen-bond donors (Lipinski definition) is 0. The molecule has 2 heteroatoms. The summed E-state index contributed by atoms with van der Waals surface area (Å²) in [6.07, 6.45) is 0. The molecule has 0 fully saturated rings. The molecule has 0 bridgehead atoms. The summed E-state index contributed by atoms with van der Waals surface area (Å²) in [5, 5.41) is 4.52. The first kappa shape index (κ1) is 11.8. The molecule has 0 unspecified atom stereocenters. The topological polar surface area (TPSA) is 18.5 Å². The van der Waals surface area contributed by atoms with Gasteiger partial charge in [0.15, 0.2) is 0 Å². The molecule has 0 saturated carbocycles. The zero-order valence-electron chi connectivity index (χ0n) is 11.4. The van der Waals surface area contributed by atoms with Crippen LogP contribution in [-0.2, 0) is 0 Å². The predicted molar refractivity (Wildman–Crippen MR) is 79.3 cm³/mol. The molecule has 0 aliphatic rings. The van der Waals surface area contributed by atoms with Gasteiger partial charge in [0.1, 0.15) is 11.5 Å². The Balaban J connectivity index is 2.59. The van der Waals surface area contributed by atoms with E-state index < -0.39 is 0 Å². The molecule has 0 N–H and O–H groups in total. The van der Waals surface area contributed by atoms with E-state index in [1.807, 2.05) is 12.1 Å². The number of ether oxygens (including phenoxy) is 2. The lowest BCUT2D eigenvalue weighted by Crippen LogP contribution is -1.92. The molecule has 0 aliphatic heterocycles. The maximum atomic E-state index is 5.68. The fraction of sp³-hybridized carbons (Fsp3) is 0.176. The molecule has 0 amide bonds. The molecule has 0 saturated heterocycles. The first-order valence-corrected chi connectivity index (χ1v) is 6.29. The molecule has 0 atom stereocenters. The van der Waals surface area contributed by atoms with Crippen molar-refractivity contribution in [3.05, 3.63) is 48.0 Å².